The quantitative estimate of drug-likeness (QED) is 0.779. The molecule has 5 nitrogen and oxygen atoms in total. The second kappa shape index (κ2) is 7.05. The maximum atomic E-state index is 12.1. The summed E-state index contributed by atoms with van der Waals surface area (Å²) in [6, 6.07) is 9.64. The Hall–Kier alpha value is -2.34. The van der Waals surface area contributed by atoms with Crippen LogP contribution in [0.25, 0.3) is 0 Å². The third-order valence-corrected chi connectivity index (χ3v) is 5.32. The van der Waals surface area contributed by atoms with Gasteiger partial charge in [-0.25, -0.2) is 4.79 Å². The summed E-state index contributed by atoms with van der Waals surface area (Å²) in [6.07, 6.45) is 1.42. The number of thiophene rings is 1. The van der Waals surface area contributed by atoms with E-state index in [1.165, 1.54) is 4.88 Å². The van der Waals surface area contributed by atoms with E-state index >= 15 is 0 Å². The average Bonchev–Trinajstić information content (AvgIpc) is 3.16. The van der Waals surface area contributed by atoms with Gasteiger partial charge in [-0.3, -0.25) is 4.79 Å². The van der Waals surface area contributed by atoms with Crippen LogP contribution in [0.5, 0.6) is 0 Å². The maximum Gasteiger partial charge on any atom is 0.315 e. The predicted octanol–water partition coefficient (Wildman–Crippen LogP) is 3.37. The van der Waals surface area contributed by atoms with Crippen LogP contribution in [0.1, 0.15) is 40.8 Å². The number of carbonyl (C=O) groups excluding carboxylic acids is 2. The van der Waals surface area contributed by atoms with Crippen molar-refractivity contribution in [3.63, 3.8) is 0 Å². The van der Waals surface area contributed by atoms with E-state index < -0.39 is 0 Å². The van der Waals surface area contributed by atoms with Gasteiger partial charge in [-0.2, -0.15) is 0 Å². The second-order valence-corrected chi connectivity index (χ2v) is 7.16. The number of hydrogen-bond acceptors (Lipinski definition) is 3. The Labute approximate surface area is 145 Å². The van der Waals surface area contributed by atoms with Crippen LogP contribution in [-0.4, -0.2) is 11.9 Å². The van der Waals surface area contributed by atoms with E-state index in [-0.39, 0.29) is 18.0 Å². The van der Waals surface area contributed by atoms with E-state index in [1.807, 2.05) is 25.1 Å². The number of aryl methyl sites for hydroxylation is 1. The van der Waals surface area contributed by atoms with Crippen molar-refractivity contribution in [2.24, 2.45) is 0 Å². The van der Waals surface area contributed by atoms with Crippen LogP contribution in [0.15, 0.2) is 30.3 Å². The molecule has 2 heterocycles. The number of carbonyl (C=O) groups is 2. The molecule has 6 heteroatoms. The molecule has 0 aliphatic carbocycles. The first-order valence-electron chi connectivity index (χ1n) is 8.09. The van der Waals surface area contributed by atoms with Gasteiger partial charge in [-0.15, -0.1) is 11.3 Å². The second-order valence-electron chi connectivity index (χ2n) is 5.91. The molecule has 0 radical (unpaired) electrons. The number of fused-ring (bicyclic) bond motifs is 1. The molecule has 1 atom stereocenters. The number of rotatable bonds is 5. The smallest absolute Gasteiger partial charge is 0.315 e. The number of anilines is 1. The zero-order valence-electron chi connectivity index (χ0n) is 13.8. The molecule has 2 aromatic rings. The highest BCUT2D eigenvalue weighted by Gasteiger charge is 2.19. The van der Waals surface area contributed by atoms with Crippen LogP contribution >= 0.6 is 11.3 Å². The van der Waals surface area contributed by atoms with Crippen molar-refractivity contribution >= 4 is 29.0 Å². The lowest BCUT2D eigenvalue weighted by Crippen LogP contribution is -2.36. The first-order valence-corrected chi connectivity index (χ1v) is 8.91. The van der Waals surface area contributed by atoms with Crippen molar-refractivity contribution in [3.8, 4) is 0 Å². The highest BCUT2D eigenvalue weighted by Crippen LogP contribution is 2.26. The van der Waals surface area contributed by atoms with Gasteiger partial charge in [-0.05, 0) is 42.7 Å². The molecule has 1 aromatic heterocycles. The Morgan fingerprint density at radius 3 is 2.83 bits per heavy atom. The van der Waals surface area contributed by atoms with Gasteiger partial charge in [0.15, 0.2) is 0 Å². The molecule has 1 aliphatic heterocycles. The third-order valence-electron chi connectivity index (χ3n) is 4.09. The largest absolute Gasteiger partial charge is 0.333 e. The van der Waals surface area contributed by atoms with Crippen LogP contribution in [0.2, 0.25) is 0 Å². The zero-order valence-corrected chi connectivity index (χ0v) is 14.6. The van der Waals surface area contributed by atoms with Crippen molar-refractivity contribution in [1.82, 2.24) is 10.6 Å². The topological polar surface area (TPSA) is 70.2 Å². The van der Waals surface area contributed by atoms with E-state index in [2.05, 4.69) is 35.0 Å². The van der Waals surface area contributed by atoms with Crippen molar-refractivity contribution < 1.29 is 9.59 Å². The summed E-state index contributed by atoms with van der Waals surface area (Å²) in [5.74, 6) is 0.0166. The monoisotopic (exact) mass is 343 g/mol. The Morgan fingerprint density at radius 1 is 1.29 bits per heavy atom. The van der Waals surface area contributed by atoms with Crippen molar-refractivity contribution in [2.45, 2.75) is 39.3 Å². The fraction of sp³-hybridized carbons (Fsp3) is 0.333. The fourth-order valence-corrected chi connectivity index (χ4v) is 3.62. The maximum absolute atomic E-state index is 12.1. The Bertz CT molecular complexity index is 769. The van der Waals surface area contributed by atoms with Crippen molar-refractivity contribution in [2.75, 3.05) is 5.32 Å². The zero-order chi connectivity index (χ0) is 17.1. The first-order chi connectivity index (χ1) is 11.5. The van der Waals surface area contributed by atoms with E-state index in [4.69, 9.17) is 0 Å². The van der Waals surface area contributed by atoms with E-state index in [0.717, 1.165) is 28.1 Å². The van der Waals surface area contributed by atoms with Gasteiger partial charge in [0.1, 0.15) is 0 Å². The van der Waals surface area contributed by atoms with Gasteiger partial charge < -0.3 is 16.0 Å². The van der Waals surface area contributed by atoms with Gasteiger partial charge in [0.25, 0.3) is 0 Å². The van der Waals surface area contributed by atoms with E-state index in [9.17, 15) is 9.59 Å². The molecule has 126 valence electrons. The Kier molecular flexibility index (Phi) is 4.85. The lowest BCUT2D eigenvalue weighted by molar-refractivity contribution is -0.115. The summed E-state index contributed by atoms with van der Waals surface area (Å²) in [5.41, 5.74) is 2.84. The summed E-state index contributed by atoms with van der Waals surface area (Å²) in [7, 11) is 0. The highest BCUT2D eigenvalue weighted by molar-refractivity contribution is 7.11. The van der Waals surface area contributed by atoms with Crippen molar-refractivity contribution in [3.05, 3.63) is 51.2 Å². The standard InChI is InChI=1S/C18H21N3O2S/c1-3-14-5-6-15(24-14)10-19-18(23)20-11(2)12-4-7-16-13(8-12)9-17(22)21-16/h4-8,11H,3,9-10H2,1-2H3,(H,21,22)(H2,19,20,23). The molecule has 0 saturated carbocycles. The molecular weight excluding hydrogens is 322 g/mol. The summed E-state index contributed by atoms with van der Waals surface area (Å²) in [4.78, 5) is 26.0. The van der Waals surface area contributed by atoms with E-state index in [0.29, 0.717) is 13.0 Å². The molecular formula is C18H21N3O2S. The summed E-state index contributed by atoms with van der Waals surface area (Å²) in [6.45, 7) is 4.59. The summed E-state index contributed by atoms with van der Waals surface area (Å²) < 4.78 is 0. The molecule has 1 unspecified atom stereocenters. The number of amides is 3. The summed E-state index contributed by atoms with van der Waals surface area (Å²) in [5, 5.41) is 8.64. The molecule has 3 amide bonds. The average molecular weight is 343 g/mol. The minimum atomic E-state index is -0.191. The molecule has 0 saturated heterocycles. The number of hydrogen-bond donors (Lipinski definition) is 3. The van der Waals surface area contributed by atoms with E-state index in [1.54, 1.807) is 11.3 Å². The Balaban J connectivity index is 1.54. The van der Waals surface area contributed by atoms with Gasteiger partial charge in [0, 0.05) is 15.4 Å². The van der Waals surface area contributed by atoms with Crippen LogP contribution in [0.4, 0.5) is 10.5 Å². The molecule has 24 heavy (non-hydrogen) atoms. The minimum absolute atomic E-state index is 0.0166. The molecule has 0 spiro atoms. The lowest BCUT2D eigenvalue weighted by atomic mass is 10.0. The molecule has 1 aromatic carbocycles. The fourth-order valence-electron chi connectivity index (χ4n) is 2.72. The SMILES string of the molecule is CCc1ccc(CNC(=O)NC(C)c2ccc3c(c2)CC(=O)N3)s1. The first kappa shape index (κ1) is 16.5. The molecule has 0 fully saturated rings. The highest BCUT2D eigenvalue weighted by atomic mass is 32.1. The van der Waals surface area contributed by atoms with Gasteiger partial charge in [-0.1, -0.05) is 19.1 Å². The molecule has 3 N–H and O–H groups in total. The van der Waals surface area contributed by atoms with Crippen LogP contribution in [0.3, 0.4) is 0 Å². The third kappa shape index (κ3) is 3.76. The van der Waals surface area contributed by atoms with Gasteiger partial charge in [0.05, 0.1) is 19.0 Å². The van der Waals surface area contributed by atoms with Gasteiger partial charge >= 0.3 is 6.03 Å². The number of nitrogens with one attached hydrogen (secondary N) is 3. The summed E-state index contributed by atoms with van der Waals surface area (Å²) >= 11 is 1.72. The minimum Gasteiger partial charge on any atom is -0.333 e. The van der Waals surface area contributed by atoms with Crippen LogP contribution in [-0.2, 0) is 24.2 Å². The number of benzene rings is 1. The van der Waals surface area contributed by atoms with Crippen LogP contribution < -0.4 is 16.0 Å². The molecule has 1 aliphatic rings. The molecule has 0 bridgehead atoms. The van der Waals surface area contributed by atoms with Crippen molar-refractivity contribution in [1.29, 1.82) is 0 Å². The number of urea groups is 1. The Morgan fingerprint density at radius 2 is 2.08 bits per heavy atom. The molecule has 3 rings (SSSR count). The van der Waals surface area contributed by atoms with Gasteiger partial charge in [0.2, 0.25) is 5.91 Å². The lowest BCUT2D eigenvalue weighted by Gasteiger charge is -2.15. The predicted molar refractivity (Wildman–Crippen MR) is 96.3 cm³/mol. The van der Waals surface area contributed by atoms with Crippen LogP contribution in [0, 0.1) is 0 Å². The normalized spacial score (nSPS) is 14.0.